The molecule has 0 fully saturated rings. The van der Waals surface area contributed by atoms with Gasteiger partial charge in [0.15, 0.2) is 11.6 Å². The molecule has 0 aliphatic rings. The fraction of sp³-hybridized carbons (Fsp3) is 0.100. The Bertz CT molecular complexity index is 488. The van der Waals surface area contributed by atoms with Crippen LogP contribution in [0.25, 0.3) is 11.0 Å². The Morgan fingerprint density at radius 1 is 1.43 bits per heavy atom. The Hall–Kier alpha value is -1.97. The molecule has 0 bridgehead atoms. The van der Waals surface area contributed by atoms with Crippen LogP contribution in [-0.2, 0) is 0 Å². The predicted octanol–water partition coefficient (Wildman–Crippen LogP) is 1.73. The highest BCUT2D eigenvalue weighted by Gasteiger charge is 2.06. The molecule has 1 aromatic carbocycles. The van der Waals surface area contributed by atoms with E-state index in [2.05, 4.69) is 0 Å². The van der Waals surface area contributed by atoms with Gasteiger partial charge >= 0.3 is 0 Å². The van der Waals surface area contributed by atoms with Gasteiger partial charge in [-0.2, -0.15) is 0 Å². The topological polar surface area (TPSA) is 72.2 Å². The van der Waals surface area contributed by atoms with Gasteiger partial charge in [-0.25, -0.2) is 0 Å². The molecule has 14 heavy (non-hydrogen) atoms. The van der Waals surface area contributed by atoms with E-state index in [1.807, 2.05) is 6.07 Å². The fourth-order valence-corrected chi connectivity index (χ4v) is 1.28. The number of hydrogen-bond donors (Lipinski definition) is 2. The second-order valence-corrected chi connectivity index (χ2v) is 2.93. The quantitative estimate of drug-likeness (QED) is 0.559. The summed E-state index contributed by atoms with van der Waals surface area (Å²) >= 11 is 0. The molecule has 72 valence electrons. The zero-order valence-corrected chi connectivity index (χ0v) is 7.70. The molecule has 0 atom stereocenters. The van der Waals surface area contributed by atoms with Crippen LogP contribution in [-0.4, -0.2) is 12.9 Å². The van der Waals surface area contributed by atoms with Gasteiger partial charge < -0.3 is 14.9 Å². The van der Waals surface area contributed by atoms with Crippen molar-refractivity contribution in [2.45, 2.75) is 0 Å². The molecular formula is C10H10N2O2. The Morgan fingerprint density at radius 2 is 2.21 bits per heavy atom. The molecule has 0 radical (unpaired) electrons. The zero-order valence-electron chi connectivity index (χ0n) is 7.70. The SMILES string of the molecule is COc1ccc2oc(C(=N)N)cc2c1. The average molecular weight is 190 g/mol. The average Bonchev–Trinajstić information content (AvgIpc) is 2.59. The van der Waals surface area contributed by atoms with Crippen molar-refractivity contribution in [2.24, 2.45) is 5.73 Å². The van der Waals surface area contributed by atoms with Gasteiger partial charge in [-0.05, 0) is 24.3 Å². The number of furan rings is 1. The number of nitrogen functional groups attached to an aromatic ring is 1. The summed E-state index contributed by atoms with van der Waals surface area (Å²) in [5.41, 5.74) is 6.01. The number of rotatable bonds is 2. The summed E-state index contributed by atoms with van der Waals surface area (Å²) in [5.74, 6) is 1.07. The normalized spacial score (nSPS) is 10.4. The van der Waals surface area contributed by atoms with Gasteiger partial charge in [0.05, 0.1) is 7.11 Å². The lowest BCUT2D eigenvalue weighted by atomic mass is 10.2. The van der Waals surface area contributed by atoms with E-state index in [0.29, 0.717) is 11.3 Å². The van der Waals surface area contributed by atoms with E-state index < -0.39 is 0 Å². The summed E-state index contributed by atoms with van der Waals surface area (Å²) in [5, 5.41) is 8.10. The van der Waals surface area contributed by atoms with E-state index in [0.717, 1.165) is 11.1 Å². The van der Waals surface area contributed by atoms with Crippen LogP contribution in [0.2, 0.25) is 0 Å². The Kier molecular flexibility index (Phi) is 1.89. The maximum Gasteiger partial charge on any atom is 0.169 e. The lowest BCUT2D eigenvalue weighted by molar-refractivity contribution is 0.415. The van der Waals surface area contributed by atoms with Crippen LogP contribution in [0.15, 0.2) is 28.7 Å². The smallest absolute Gasteiger partial charge is 0.169 e. The molecule has 2 rings (SSSR count). The lowest BCUT2D eigenvalue weighted by Crippen LogP contribution is -2.09. The van der Waals surface area contributed by atoms with Crippen LogP contribution in [0.5, 0.6) is 5.75 Å². The third-order valence-electron chi connectivity index (χ3n) is 1.99. The second-order valence-electron chi connectivity index (χ2n) is 2.93. The molecule has 0 unspecified atom stereocenters. The molecule has 4 nitrogen and oxygen atoms in total. The highest BCUT2D eigenvalue weighted by Crippen LogP contribution is 2.23. The third-order valence-corrected chi connectivity index (χ3v) is 1.99. The molecule has 0 aliphatic heterocycles. The van der Waals surface area contributed by atoms with Gasteiger partial charge in [-0.3, -0.25) is 5.41 Å². The van der Waals surface area contributed by atoms with Crippen molar-refractivity contribution < 1.29 is 9.15 Å². The standard InChI is InChI=1S/C10H10N2O2/c1-13-7-2-3-8-6(4-7)5-9(14-8)10(11)12/h2-5H,1H3,(H3,11,12). The van der Waals surface area contributed by atoms with E-state index in [-0.39, 0.29) is 5.84 Å². The summed E-state index contributed by atoms with van der Waals surface area (Å²) in [6, 6.07) is 7.15. The number of nitrogens with two attached hydrogens (primary N) is 1. The first kappa shape index (κ1) is 8.62. The molecule has 0 amide bonds. The minimum absolute atomic E-state index is 0.0693. The predicted molar refractivity (Wildman–Crippen MR) is 53.8 cm³/mol. The van der Waals surface area contributed by atoms with E-state index >= 15 is 0 Å². The molecular weight excluding hydrogens is 180 g/mol. The van der Waals surface area contributed by atoms with Gasteiger partial charge in [0.1, 0.15) is 11.3 Å². The van der Waals surface area contributed by atoms with Gasteiger partial charge in [0.2, 0.25) is 0 Å². The molecule has 0 saturated carbocycles. The van der Waals surface area contributed by atoms with Crippen molar-refractivity contribution in [3.63, 3.8) is 0 Å². The fourth-order valence-electron chi connectivity index (χ4n) is 1.28. The summed E-state index contributed by atoms with van der Waals surface area (Å²) in [6.07, 6.45) is 0. The summed E-state index contributed by atoms with van der Waals surface area (Å²) in [4.78, 5) is 0. The second kappa shape index (κ2) is 3.06. The Labute approximate surface area is 80.8 Å². The summed E-state index contributed by atoms with van der Waals surface area (Å²) in [6.45, 7) is 0. The van der Waals surface area contributed by atoms with E-state index in [1.54, 1.807) is 25.3 Å². The van der Waals surface area contributed by atoms with E-state index in [9.17, 15) is 0 Å². The minimum Gasteiger partial charge on any atom is -0.497 e. The van der Waals surface area contributed by atoms with E-state index in [1.165, 1.54) is 0 Å². The van der Waals surface area contributed by atoms with Crippen LogP contribution in [0.4, 0.5) is 0 Å². The Balaban J connectivity index is 2.60. The molecule has 4 heteroatoms. The largest absolute Gasteiger partial charge is 0.497 e. The van der Waals surface area contributed by atoms with Crippen LogP contribution in [0.3, 0.4) is 0 Å². The molecule has 0 saturated heterocycles. The Morgan fingerprint density at radius 3 is 2.86 bits per heavy atom. The molecule has 2 aromatic rings. The summed E-state index contributed by atoms with van der Waals surface area (Å²) < 4.78 is 10.4. The first-order chi connectivity index (χ1) is 6.70. The minimum atomic E-state index is -0.0693. The van der Waals surface area contributed by atoms with Crippen molar-refractivity contribution in [2.75, 3.05) is 7.11 Å². The lowest BCUT2D eigenvalue weighted by Gasteiger charge is -1.96. The maximum atomic E-state index is 7.22. The number of methoxy groups -OCH3 is 1. The molecule has 0 spiro atoms. The first-order valence-electron chi connectivity index (χ1n) is 4.12. The first-order valence-corrected chi connectivity index (χ1v) is 4.12. The number of fused-ring (bicyclic) bond motifs is 1. The van der Waals surface area contributed by atoms with Crippen LogP contribution >= 0.6 is 0 Å². The highest BCUT2D eigenvalue weighted by molar-refractivity contribution is 5.96. The van der Waals surface area contributed by atoms with Crippen molar-refractivity contribution in [3.8, 4) is 5.75 Å². The van der Waals surface area contributed by atoms with E-state index in [4.69, 9.17) is 20.3 Å². The van der Waals surface area contributed by atoms with Gasteiger partial charge in [0, 0.05) is 5.39 Å². The van der Waals surface area contributed by atoms with Crippen LogP contribution < -0.4 is 10.5 Å². The van der Waals surface area contributed by atoms with Crippen molar-refractivity contribution in [1.82, 2.24) is 0 Å². The van der Waals surface area contributed by atoms with Gasteiger partial charge in [0.25, 0.3) is 0 Å². The number of nitrogens with one attached hydrogen (secondary N) is 1. The van der Waals surface area contributed by atoms with Gasteiger partial charge in [-0.1, -0.05) is 0 Å². The number of amidine groups is 1. The number of benzene rings is 1. The van der Waals surface area contributed by atoms with Crippen LogP contribution in [0, 0.1) is 5.41 Å². The third kappa shape index (κ3) is 1.31. The molecule has 0 aliphatic carbocycles. The molecule has 1 aromatic heterocycles. The monoisotopic (exact) mass is 190 g/mol. The van der Waals surface area contributed by atoms with Gasteiger partial charge in [-0.15, -0.1) is 0 Å². The van der Waals surface area contributed by atoms with Crippen molar-refractivity contribution in [1.29, 1.82) is 5.41 Å². The summed E-state index contributed by atoms with van der Waals surface area (Å²) in [7, 11) is 1.60. The molecule has 3 N–H and O–H groups in total. The highest BCUT2D eigenvalue weighted by atomic mass is 16.5. The van der Waals surface area contributed by atoms with Crippen molar-refractivity contribution >= 4 is 16.8 Å². The zero-order chi connectivity index (χ0) is 10.1. The number of ether oxygens (including phenoxy) is 1. The number of hydrogen-bond acceptors (Lipinski definition) is 3. The molecule has 1 heterocycles. The van der Waals surface area contributed by atoms with Crippen LogP contribution in [0.1, 0.15) is 5.76 Å². The van der Waals surface area contributed by atoms with Crippen molar-refractivity contribution in [3.05, 3.63) is 30.0 Å². The maximum absolute atomic E-state index is 7.22.